The number of hydrogen-bond donors (Lipinski definition) is 1. The molecule has 0 bridgehead atoms. The predicted molar refractivity (Wildman–Crippen MR) is 71.2 cm³/mol. The first-order chi connectivity index (χ1) is 8.13. The van der Waals surface area contributed by atoms with E-state index < -0.39 is 0 Å². The number of rotatable bonds is 5. The van der Waals surface area contributed by atoms with E-state index in [0.29, 0.717) is 0 Å². The van der Waals surface area contributed by atoms with Crippen LogP contribution in [-0.2, 0) is 6.54 Å². The Morgan fingerprint density at radius 2 is 1.88 bits per heavy atom. The first-order valence-electron chi connectivity index (χ1n) is 6.62. The summed E-state index contributed by atoms with van der Waals surface area (Å²) in [6.07, 6.45) is 2.90. The average Bonchev–Trinajstić information content (AvgIpc) is 2.24. The number of hydrogen-bond acceptors (Lipinski definition) is 2. The molecule has 2 heteroatoms. The van der Waals surface area contributed by atoms with Gasteiger partial charge in [-0.1, -0.05) is 19.1 Å². The fourth-order valence-corrected chi connectivity index (χ4v) is 2.29. The lowest BCUT2D eigenvalue weighted by Gasteiger charge is -2.33. The van der Waals surface area contributed by atoms with Crippen LogP contribution in [-0.4, -0.2) is 12.1 Å². The monoisotopic (exact) mass is 233 g/mol. The van der Waals surface area contributed by atoms with Gasteiger partial charge >= 0.3 is 0 Å². The van der Waals surface area contributed by atoms with Gasteiger partial charge in [-0.2, -0.15) is 0 Å². The molecule has 1 aliphatic rings. The summed E-state index contributed by atoms with van der Waals surface area (Å²) in [6, 6.07) is 9.14. The van der Waals surface area contributed by atoms with Crippen molar-refractivity contribution in [3.8, 4) is 5.75 Å². The molecular weight excluding hydrogens is 210 g/mol. The predicted octanol–water partition coefficient (Wildman–Crippen LogP) is 3.36. The first-order valence-corrected chi connectivity index (χ1v) is 6.62. The summed E-state index contributed by atoms with van der Waals surface area (Å²) < 4.78 is 5.62. The van der Waals surface area contributed by atoms with Crippen LogP contribution in [0.4, 0.5) is 0 Å². The summed E-state index contributed by atoms with van der Waals surface area (Å²) >= 11 is 0. The summed E-state index contributed by atoms with van der Waals surface area (Å²) in [5, 5.41) is 3.59. The van der Waals surface area contributed by atoms with Gasteiger partial charge in [0.2, 0.25) is 0 Å². The Hall–Kier alpha value is -1.02. The van der Waals surface area contributed by atoms with E-state index in [2.05, 4.69) is 36.5 Å². The van der Waals surface area contributed by atoms with Crippen LogP contribution in [0.5, 0.6) is 5.75 Å². The van der Waals surface area contributed by atoms with E-state index in [1.165, 1.54) is 18.4 Å². The molecule has 94 valence electrons. The van der Waals surface area contributed by atoms with Crippen LogP contribution in [0.15, 0.2) is 24.3 Å². The zero-order valence-electron chi connectivity index (χ0n) is 11.1. The van der Waals surface area contributed by atoms with Crippen molar-refractivity contribution in [2.45, 2.75) is 52.3 Å². The maximum atomic E-state index is 5.62. The summed E-state index contributed by atoms with van der Waals surface area (Å²) in [7, 11) is 0. The van der Waals surface area contributed by atoms with Crippen LogP contribution in [0.3, 0.4) is 0 Å². The van der Waals surface area contributed by atoms with Gasteiger partial charge in [-0.3, -0.25) is 0 Å². The minimum atomic E-state index is 0.246. The second kappa shape index (κ2) is 5.54. The molecule has 1 fully saturated rings. The van der Waals surface area contributed by atoms with Crippen molar-refractivity contribution in [2.75, 3.05) is 0 Å². The number of ether oxygens (including phenoxy) is 1. The molecule has 17 heavy (non-hydrogen) atoms. The maximum absolute atomic E-state index is 5.62. The third-order valence-corrected chi connectivity index (χ3v) is 3.26. The molecule has 0 saturated heterocycles. The summed E-state index contributed by atoms with van der Waals surface area (Å²) in [5.41, 5.74) is 1.33. The Morgan fingerprint density at radius 3 is 2.41 bits per heavy atom. The van der Waals surface area contributed by atoms with Gasteiger partial charge in [-0.05, 0) is 50.3 Å². The van der Waals surface area contributed by atoms with Crippen LogP contribution in [0.1, 0.15) is 39.2 Å². The van der Waals surface area contributed by atoms with Crippen molar-refractivity contribution in [1.82, 2.24) is 5.32 Å². The third kappa shape index (κ3) is 3.74. The zero-order valence-corrected chi connectivity index (χ0v) is 11.1. The van der Waals surface area contributed by atoms with Gasteiger partial charge < -0.3 is 10.1 Å². The minimum Gasteiger partial charge on any atom is -0.491 e. The van der Waals surface area contributed by atoms with Crippen molar-refractivity contribution in [1.29, 1.82) is 0 Å². The first kappa shape index (κ1) is 12.4. The zero-order chi connectivity index (χ0) is 12.3. The van der Waals surface area contributed by atoms with Crippen LogP contribution in [0.25, 0.3) is 0 Å². The SMILES string of the molecule is CC1CC(NCc2ccc(OC(C)C)cc2)C1. The van der Waals surface area contributed by atoms with E-state index in [4.69, 9.17) is 4.74 Å². The molecular formula is C15H23NO. The molecule has 1 aliphatic carbocycles. The van der Waals surface area contributed by atoms with Crippen LogP contribution in [0, 0.1) is 5.92 Å². The molecule has 1 saturated carbocycles. The summed E-state index contributed by atoms with van der Waals surface area (Å²) in [5.74, 6) is 1.87. The van der Waals surface area contributed by atoms with Gasteiger partial charge in [-0.25, -0.2) is 0 Å². The normalized spacial score (nSPS) is 23.5. The highest BCUT2D eigenvalue weighted by Gasteiger charge is 2.24. The molecule has 0 atom stereocenters. The molecule has 1 N–H and O–H groups in total. The Bertz CT molecular complexity index is 338. The van der Waals surface area contributed by atoms with Gasteiger partial charge in [0, 0.05) is 12.6 Å². The lowest BCUT2D eigenvalue weighted by molar-refractivity contribution is 0.239. The molecule has 0 unspecified atom stereocenters. The van der Waals surface area contributed by atoms with E-state index >= 15 is 0 Å². The molecule has 1 aromatic carbocycles. The Balaban J connectivity index is 1.77. The molecule has 2 nitrogen and oxygen atoms in total. The second-order valence-electron chi connectivity index (χ2n) is 5.46. The average molecular weight is 233 g/mol. The van der Waals surface area contributed by atoms with Crippen molar-refractivity contribution in [3.63, 3.8) is 0 Å². The second-order valence-corrected chi connectivity index (χ2v) is 5.46. The van der Waals surface area contributed by atoms with Gasteiger partial charge in [0.25, 0.3) is 0 Å². The van der Waals surface area contributed by atoms with Gasteiger partial charge in [-0.15, -0.1) is 0 Å². The van der Waals surface area contributed by atoms with Crippen molar-refractivity contribution >= 4 is 0 Å². The molecule has 0 amide bonds. The number of benzene rings is 1. The van der Waals surface area contributed by atoms with Gasteiger partial charge in [0.15, 0.2) is 0 Å². The molecule has 0 aromatic heterocycles. The van der Waals surface area contributed by atoms with Crippen LogP contribution >= 0.6 is 0 Å². The van der Waals surface area contributed by atoms with Crippen LogP contribution < -0.4 is 10.1 Å². The Kier molecular flexibility index (Phi) is 4.06. The van der Waals surface area contributed by atoms with Crippen molar-refractivity contribution < 1.29 is 4.74 Å². The molecule has 0 radical (unpaired) electrons. The lowest BCUT2D eigenvalue weighted by Crippen LogP contribution is -2.39. The Labute approximate surface area is 104 Å². The van der Waals surface area contributed by atoms with Crippen molar-refractivity contribution in [3.05, 3.63) is 29.8 Å². The van der Waals surface area contributed by atoms with E-state index in [1.54, 1.807) is 0 Å². The van der Waals surface area contributed by atoms with Gasteiger partial charge in [0.1, 0.15) is 5.75 Å². The quantitative estimate of drug-likeness (QED) is 0.842. The highest BCUT2D eigenvalue weighted by molar-refractivity contribution is 5.27. The maximum Gasteiger partial charge on any atom is 0.119 e. The topological polar surface area (TPSA) is 21.3 Å². The number of nitrogens with one attached hydrogen (secondary N) is 1. The lowest BCUT2D eigenvalue weighted by atomic mass is 9.82. The summed E-state index contributed by atoms with van der Waals surface area (Å²) in [6.45, 7) is 7.38. The highest BCUT2D eigenvalue weighted by Crippen LogP contribution is 2.26. The molecule has 0 aliphatic heterocycles. The molecule has 0 heterocycles. The third-order valence-electron chi connectivity index (χ3n) is 3.26. The van der Waals surface area contributed by atoms with Crippen molar-refractivity contribution in [2.24, 2.45) is 5.92 Å². The van der Waals surface area contributed by atoms with Gasteiger partial charge in [0.05, 0.1) is 6.10 Å². The standard InChI is InChI=1S/C15H23NO/c1-11(2)17-15-6-4-13(5-7-15)10-16-14-8-12(3)9-14/h4-7,11-12,14,16H,8-10H2,1-3H3. The molecule has 2 rings (SSSR count). The van der Waals surface area contributed by atoms with E-state index in [-0.39, 0.29) is 6.10 Å². The largest absolute Gasteiger partial charge is 0.491 e. The Morgan fingerprint density at radius 1 is 1.24 bits per heavy atom. The highest BCUT2D eigenvalue weighted by atomic mass is 16.5. The van der Waals surface area contributed by atoms with E-state index in [0.717, 1.165) is 24.3 Å². The minimum absolute atomic E-state index is 0.246. The van der Waals surface area contributed by atoms with E-state index in [9.17, 15) is 0 Å². The smallest absolute Gasteiger partial charge is 0.119 e. The fraction of sp³-hybridized carbons (Fsp3) is 0.600. The summed E-state index contributed by atoms with van der Waals surface area (Å²) in [4.78, 5) is 0. The fourth-order valence-electron chi connectivity index (χ4n) is 2.29. The van der Waals surface area contributed by atoms with Crippen LogP contribution in [0.2, 0.25) is 0 Å². The van der Waals surface area contributed by atoms with E-state index in [1.807, 2.05) is 13.8 Å². The molecule has 0 spiro atoms. The molecule has 1 aromatic rings.